The second-order valence-electron chi connectivity index (χ2n) is 11.9. The Balaban J connectivity index is 1.24. The molecule has 1 amide bonds. The Labute approximate surface area is 298 Å². The molecular formula is C38H34N8O6. The molecule has 4 aromatic carbocycles. The van der Waals surface area contributed by atoms with Gasteiger partial charge in [0.25, 0.3) is 5.91 Å². The first kappa shape index (κ1) is 34.2. The molecule has 3 heterocycles. The molecule has 2 N–H and O–H groups in total. The number of carbonyl (C=O) groups is 1. The van der Waals surface area contributed by atoms with E-state index in [4.69, 9.17) is 18.9 Å². The van der Waals surface area contributed by atoms with Gasteiger partial charge in [-0.25, -0.2) is 15.0 Å². The number of hydrogen-bond acceptors (Lipinski definition) is 10. The van der Waals surface area contributed by atoms with Crippen molar-refractivity contribution < 1.29 is 28.8 Å². The molecule has 1 saturated heterocycles. The summed E-state index contributed by atoms with van der Waals surface area (Å²) >= 11 is 0. The lowest BCUT2D eigenvalue weighted by Gasteiger charge is -2.37. The summed E-state index contributed by atoms with van der Waals surface area (Å²) in [6, 6.07) is 32.5. The van der Waals surface area contributed by atoms with E-state index in [1.807, 2.05) is 84.9 Å². The molecule has 0 radical (unpaired) electrons. The number of rotatable bonds is 12. The van der Waals surface area contributed by atoms with E-state index in [9.17, 15) is 15.4 Å². The van der Waals surface area contributed by atoms with Gasteiger partial charge < -0.3 is 29.4 Å². The number of azide groups is 1. The Morgan fingerprint density at radius 2 is 1.48 bits per heavy atom. The topological polar surface area (TPSA) is 179 Å². The molecule has 1 aliphatic heterocycles. The highest BCUT2D eigenvalue weighted by atomic mass is 16.6. The van der Waals surface area contributed by atoms with E-state index in [2.05, 4.69) is 30.3 Å². The highest BCUT2D eigenvalue weighted by Crippen LogP contribution is 2.43. The number of ether oxygens (including phenoxy) is 4. The van der Waals surface area contributed by atoms with Gasteiger partial charge >= 0.3 is 0 Å². The number of imidazole rings is 1. The van der Waals surface area contributed by atoms with Crippen LogP contribution in [0.5, 0.6) is 11.5 Å². The zero-order chi connectivity index (χ0) is 36.1. The number of aromatic nitrogens is 4. The fraction of sp³-hybridized carbons (Fsp3) is 0.211. The molecule has 0 unspecified atom stereocenters. The fourth-order valence-electron chi connectivity index (χ4n) is 6.48. The van der Waals surface area contributed by atoms with E-state index in [1.54, 1.807) is 38.5 Å². The monoisotopic (exact) mass is 698 g/mol. The first-order valence-corrected chi connectivity index (χ1v) is 16.4. The minimum Gasteiger partial charge on any atom is -0.497 e. The first-order chi connectivity index (χ1) is 25.5. The predicted molar refractivity (Wildman–Crippen MR) is 191 cm³/mol. The molecule has 7 rings (SSSR count). The van der Waals surface area contributed by atoms with E-state index < -0.39 is 30.1 Å². The number of carbonyl (C=O) groups excluding carboxylic acids is 1. The SMILES string of the molecule is COc1ccc(C(OC[C@H]2O[C@@H](n3cnc4c(NC(=O)c5ccccc5)ncnc43)[C@@H](O)[C@@H]2N=[N+]=[N-])(c2ccccc2)c2ccc(OC)cc2)cc1. The van der Waals surface area contributed by atoms with Crippen LogP contribution in [-0.4, -0.2) is 69.6 Å². The van der Waals surface area contributed by atoms with Crippen LogP contribution < -0.4 is 14.8 Å². The molecule has 0 bridgehead atoms. The summed E-state index contributed by atoms with van der Waals surface area (Å²) in [5.41, 5.74) is 11.8. The van der Waals surface area contributed by atoms with Crippen molar-refractivity contribution >= 4 is 22.9 Å². The van der Waals surface area contributed by atoms with Crippen LogP contribution in [-0.2, 0) is 15.1 Å². The highest BCUT2D eigenvalue weighted by Gasteiger charge is 2.47. The summed E-state index contributed by atoms with van der Waals surface area (Å²) in [7, 11) is 3.21. The molecule has 6 aromatic rings. The van der Waals surface area contributed by atoms with Gasteiger partial charge in [0.2, 0.25) is 0 Å². The molecule has 0 saturated carbocycles. The van der Waals surface area contributed by atoms with Crippen molar-refractivity contribution in [3.63, 3.8) is 0 Å². The van der Waals surface area contributed by atoms with Crippen LogP contribution in [0.4, 0.5) is 5.82 Å². The van der Waals surface area contributed by atoms with Crippen LogP contribution in [0, 0.1) is 0 Å². The third-order valence-electron chi connectivity index (χ3n) is 9.06. The Morgan fingerprint density at radius 1 is 0.885 bits per heavy atom. The molecular weight excluding hydrogens is 664 g/mol. The lowest BCUT2D eigenvalue weighted by atomic mass is 9.80. The van der Waals surface area contributed by atoms with Gasteiger partial charge in [0.15, 0.2) is 23.2 Å². The number of methoxy groups -OCH3 is 2. The van der Waals surface area contributed by atoms with Crippen LogP contribution >= 0.6 is 0 Å². The standard InChI is InChI=1S/C38H34N8O6/c1-49-28-17-13-26(14-18-28)38(25-11-7-4-8-12-25,27-15-19-29(50-2)20-16-27)51-21-30-31(44-45-39)33(47)37(52-30)46-23-42-32-34(40-22-41-35(32)46)43-36(48)24-9-5-3-6-10-24/h3-20,22-23,30-31,33,37,47H,21H2,1-2H3,(H,40,41,43,48)/t30-,31-,33+,37-/m1/s1. The average Bonchev–Trinajstić information content (AvgIpc) is 3.77. The van der Waals surface area contributed by atoms with Crippen molar-refractivity contribution in [3.8, 4) is 11.5 Å². The molecule has 2 aromatic heterocycles. The quantitative estimate of drug-likeness (QED) is 0.0667. The van der Waals surface area contributed by atoms with Crippen molar-refractivity contribution in [2.45, 2.75) is 30.1 Å². The number of benzene rings is 4. The second-order valence-corrected chi connectivity index (χ2v) is 11.9. The maximum absolute atomic E-state index is 12.9. The predicted octanol–water partition coefficient (Wildman–Crippen LogP) is 6.04. The van der Waals surface area contributed by atoms with E-state index in [0.717, 1.165) is 16.7 Å². The van der Waals surface area contributed by atoms with Gasteiger partial charge in [0.1, 0.15) is 29.5 Å². The molecule has 14 nitrogen and oxygen atoms in total. The molecule has 0 spiro atoms. The summed E-state index contributed by atoms with van der Waals surface area (Å²) in [6.45, 7) is -0.107. The highest BCUT2D eigenvalue weighted by molar-refractivity contribution is 6.06. The third-order valence-corrected chi connectivity index (χ3v) is 9.06. The Morgan fingerprint density at radius 3 is 2.08 bits per heavy atom. The van der Waals surface area contributed by atoms with Gasteiger partial charge in [-0.1, -0.05) is 77.9 Å². The second kappa shape index (κ2) is 14.9. The molecule has 262 valence electrons. The van der Waals surface area contributed by atoms with E-state index in [0.29, 0.717) is 22.7 Å². The van der Waals surface area contributed by atoms with E-state index in [-0.39, 0.29) is 23.8 Å². The maximum Gasteiger partial charge on any atom is 0.256 e. The van der Waals surface area contributed by atoms with Gasteiger partial charge in [0, 0.05) is 10.5 Å². The van der Waals surface area contributed by atoms with Crippen molar-refractivity contribution in [2.75, 3.05) is 26.1 Å². The summed E-state index contributed by atoms with van der Waals surface area (Å²) in [4.78, 5) is 29.0. The smallest absolute Gasteiger partial charge is 0.256 e. The zero-order valence-electron chi connectivity index (χ0n) is 28.2. The third kappa shape index (κ3) is 6.38. The maximum atomic E-state index is 12.9. The minimum absolute atomic E-state index is 0.107. The molecule has 1 fully saturated rings. The first-order valence-electron chi connectivity index (χ1n) is 16.4. The number of nitrogens with one attached hydrogen (secondary N) is 1. The number of fused-ring (bicyclic) bond motifs is 1. The van der Waals surface area contributed by atoms with E-state index >= 15 is 0 Å². The van der Waals surface area contributed by atoms with Crippen molar-refractivity contribution in [3.05, 3.63) is 155 Å². The summed E-state index contributed by atoms with van der Waals surface area (Å²) < 4.78 is 25.9. The number of aliphatic hydroxyl groups is 1. The number of anilines is 1. The fourth-order valence-corrected chi connectivity index (χ4v) is 6.48. The number of aliphatic hydroxyl groups excluding tert-OH is 1. The largest absolute Gasteiger partial charge is 0.497 e. The van der Waals surface area contributed by atoms with Gasteiger partial charge in [-0.2, -0.15) is 0 Å². The normalized spacial score (nSPS) is 18.4. The van der Waals surface area contributed by atoms with Crippen molar-refractivity contribution in [1.29, 1.82) is 0 Å². The van der Waals surface area contributed by atoms with Crippen LogP contribution in [0.3, 0.4) is 0 Å². The Kier molecular flexibility index (Phi) is 9.78. The van der Waals surface area contributed by atoms with Crippen LogP contribution in [0.25, 0.3) is 21.6 Å². The van der Waals surface area contributed by atoms with Gasteiger partial charge in [0.05, 0.1) is 39.3 Å². The zero-order valence-corrected chi connectivity index (χ0v) is 28.2. The van der Waals surface area contributed by atoms with Crippen LogP contribution in [0.15, 0.2) is 127 Å². The van der Waals surface area contributed by atoms with Gasteiger partial charge in [-0.05, 0) is 58.6 Å². The van der Waals surface area contributed by atoms with Crippen molar-refractivity contribution in [1.82, 2.24) is 19.5 Å². The lowest BCUT2D eigenvalue weighted by Crippen LogP contribution is -2.39. The van der Waals surface area contributed by atoms with Crippen LogP contribution in [0.2, 0.25) is 0 Å². The van der Waals surface area contributed by atoms with Crippen molar-refractivity contribution in [2.24, 2.45) is 5.11 Å². The Hall–Kier alpha value is -6.31. The minimum atomic E-state index is -1.31. The average molecular weight is 699 g/mol. The number of amides is 1. The molecule has 4 atom stereocenters. The molecule has 0 aliphatic carbocycles. The molecule has 1 aliphatic rings. The number of hydrogen-bond donors (Lipinski definition) is 2. The Bertz CT molecular complexity index is 2150. The molecule has 14 heteroatoms. The summed E-state index contributed by atoms with van der Waals surface area (Å²) in [5, 5.41) is 18.3. The number of nitrogens with zero attached hydrogens (tertiary/aromatic N) is 7. The molecule has 52 heavy (non-hydrogen) atoms. The van der Waals surface area contributed by atoms with Crippen LogP contribution in [0.1, 0.15) is 33.3 Å². The van der Waals surface area contributed by atoms with E-state index in [1.165, 1.54) is 17.2 Å². The van der Waals surface area contributed by atoms with Gasteiger partial charge in [-0.3, -0.25) is 9.36 Å². The van der Waals surface area contributed by atoms with Gasteiger partial charge in [-0.15, -0.1) is 0 Å². The summed E-state index contributed by atoms with van der Waals surface area (Å²) in [5.74, 6) is 1.16. The lowest BCUT2D eigenvalue weighted by molar-refractivity contribution is -0.0860. The summed E-state index contributed by atoms with van der Waals surface area (Å²) in [6.07, 6.45) is -0.578.